The van der Waals surface area contributed by atoms with Crippen LogP contribution in [0.5, 0.6) is 5.88 Å². The molecule has 3 heterocycles. The van der Waals surface area contributed by atoms with Crippen molar-refractivity contribution >= 4 is 17.4 Å². The van der Waals surface area contributed by atoms with E-state index in [1.807, 2.05) is 17.9 Å². The first-order chi connectivity index (χ1) is 15.1. The first-order valence-electron chi connectivity index (χ1n) is 11.0. The molecule has 7 nitrogen and oxygen atoms in total. The molecule has 7 heteroatoms. The quantitative estimate of drug-likeness (QED) is 0.819. The van der Waals surface area contributed by atoms with E-state index >= 15 is 0 Å². The van der Waals surface area contributed by atoms with Crippen molar-refractivity contribution in [1.29, 1.82) is 0 Å². The summed E-state index contributed by atoms with van der Waals surface area (Å²) in [7, 11) is 1.62. The molecule has 2 aliphatic heterocycles. The monoisotopic (exact) mass is 419 g/mol. The number of amides is 1. The lowest BCUT2D eigenvalue weighted by atomic mass is 9.84. The highest BCUT2D eigenvalue weighted by Crippen LogP contribution is 2.32. The molecule has 0 bridgehead atoms. The van der Waals surface area contributed by atoms with Crippen molar-refractivity contribution in [2.24, 2.45) is 0 Å². The number of methoxy groups -OCH3 is 1. The van der Waals surface area contributed by atoms with Crippen LogP contribution in [0.1, 0.15) is 29.7 Å². The van der Waals surface area contributed by atoms with Crippen LogP contribution in [0.25, 0.3) is 5.57 Å². The van der Waals surface area contributed by atoms with Crippen molar-refractivity contribution in [3.05, 3.63) is 53.2 Å². The fourth-order valence-corrected chi connectivity index (χ4v) is 5.02. The standard InChI is InChI=1S/C24H29N5O2/c1-17-15-21(31-2)27-23(26-17)28-12-9-24(10-13-28)22(30)29(14-11-25-24)16-19-8-7-18-5-3-4-6-20(18)19/h3-6,8,15,25H,7,9-14,16H2,1-2H3. The second-order valence-electron chi connectivity index (χ2n) is 8.66. The Labute approximate surface area is 183 Å². The van der Waals surface area contributed by atoms with Gasteiger partial charge in [0.1, 0.15) is 5.54 Å². The molecule has 2 aromatic rings. The van der Waals surface area contributed by atoms with Crippen LogP contribution in [0.15, 0.2) is 36.4 Å². The maximum atomic E-state index is 13.6. The molecule has 3 aliphatic rings. The number of carbonyl (C=O) groups excluding carboxylic acids is 1. The van der Waals surface area contributed by atoms with Crippen LogP contribution < -0.4 is 15.0 Å². The van der Waals surface area contributed by atoms with Gasteiger partial charge in [0.05, 0.1) is 7.11 Å². The molecule has 0 atom stereocenters. The van der Waals surface area contributed by atoms with E-state index < -0.39 is 5.54 Å². The van der Waals surface area contributed by atoms with E-state index in [1.165, 1.54) is 16.7 Å². The minimum Gasteiger partial charge on any atom is -0.481 e. The molecule has 1 aromatic carbocycles. The summed E-state index contributed by atoms with van der Waals surface area (Å²) in [4.78, 5) is 26.8. The van der Waals surface area contributed by atoms with Crippen molar-refractivity contribution in [2.75, 3.05) is 44.7 Å². The minimum absolute atomic E-state index is 0.228. The number of piperazine rings is 1. The Kier molecular flexibility index (Phi) is 5.14. The number of aromatic nitrogens is 2. The van der Waals surface area contributed by atoms with E-state index in [1.54, 1.807) is 7.11 Å². The fourth-order valence-electron chi connectivity index (χ4n) is 5.02. The van der Waals surface area contributed by atoms with Gasteiger partial charge >= 0.3 is 0 Å². The summed E-state index contributed by atoms with van der Waals surface area (Å²) in [6, 6.07) is 10.3. The molecule has 31 heavy (non-hydrogen) atoms. The summed E-state index contributed by atoms with van der Waals surface area (Å²) in [5.74, 6) is 1.48. The number of hydrogen-bond donors (Lipinski definition) is 1. The van der Waals surface area contributed by atoms with Crippen molar-refractivity contribution in [1.82, 2.24) is 20.2 Å². The van der Waals surface area contributed by atoms with Gasteiger partial charge in [0.2, 0.25) is 17.7 Å². The van der Waals surface area contributed by atoms with Crippen molar-refractivity contribution in [3.63, 3.8) is 0 Å². The molecular weight excluding hydrogens is 390 g/mol. The molecule has 2 saturated heterocycles. The van der Waals surface area contributed by atoms with Crippen molar-refractivity contribution in [2.45, 2.75) is 31.7 Å². The second kappa shape index (κ2) is 7.96. The van der Waals surface area contributed by atoms with E-state index in [-0.39, 0.29) is 5.91 Å². The molecule has 1 N–H and O–H groups in total. The first kappa shape index (κ1) is 20.0. The number of fused-ring (bicyclic) bond motifs is 1. The summed E-state index contributed by atoms with van der Waals surface area (Å²) in [5.41, 5.74) is 4.32. The number of nitrogens with zero attached hydrogens (tertiary/aromatic N) is 4. The molecular formula is C24H29N5O2. The SMILES string of the molecule is COc1cc(C)nc(N2CCC3(CC2)NCCN(CC2=CCc4ccccc42)C3=O)n1. The van der Waals surface area contributed by atoms with Crippen LogP contribution in [-0.2, 0) is 11.2 Å². The normalized spacial score (nSPS) is 20.1. The van der Waals surface area contributed by atoms with Gasteiger partial charge in [0.15, 0.2) is 0 Å². The van der Waals surface area contributed by atoms with Crippen LogP contribution in [-0.4, -0.2) is 66.1 Å². The Hall–Kier alpha value is -2.93. The lowest BCUT2D eigenvalue weighted by Crippen LogP contribution is -2.67. The van der Waals surface area contributed by atoms with E-state index in [0.717, 1.165) is 51.1 Å². The molecule has 0 saturated carbocycles. The van der Waals surface area contributed by atoms with Crippen molar-refractivity contribution in [3.8, 4) is 5.88 Å². The largest absolute Gasteiger partial charge is 0.481 e. The molecule has 0 unspecified atom stereocenters. The molecule has 1 spiro atoms. The third-order valence-corrected chi connectivity index (χ3v) is 6.76. The number of nitrogens with one attached hydrogen (secondary N) is 1. The van der Waals surface area contributed by atoms with E-state index in [2.05, 4.69) is 50.5 Å². The number of carbonyl (C=O) groups is 1. The Bertz CT molecular complexity index is 1030. The molecule has 162 valence electrons. The van der Waals surface area contributed by atoms with E-state index in [0.29, 0.717) is 18.4 Å². The van der Waals surface area contributed by atoms with Gasteiger partial charge in [-0.15, -0.1) is 0 Å². The fraction of sp³-hybridized carbons (Fsp3) is 0.458. The van der Waals surface area contributed by atoms with Crippen LogP contribution in [0, 0.1) is 6.92 Å². The van der Waals surface area contributed by atoms with E-state index in [4.69, 9.17) is 4.74 Å². The van der Waals surface area contributed by atoms with Gasteiger partial charge < -0.3 is 19.9 Å². The number of ether oxygens (including phenoxy) is 1. The molecule has 5 rings (SSSR count). The Morgan fingerprint density at radius 1 is 1.16 bits per heavy atom. The number of anilines is 1. The average Bonchev–Trinajstić information content (AvgIpc) is 3.20. The predicted octanol–water partition coefficient (Wildman–Crippen LogP) is 2.20. The Morgan fingerprint density at radius 3 is 2.77 bits per heavy atom. The maximum Gasteiger partial charge on any atom is 0.243 e. The number of piperidine rings is 1. The lowest BCUT2D eigenvalue weighted by molar-refractivity contribution is -0.141. The van der Waals surface area contributed by atoms with Gasteiger partial charge in [-0.25, -0.2) is 4.98 Å². The van der Waals surface area contributed by atoms with Gasteiger partial charge in [-0.1, -0.05) is 30.3 Å². The third kappa shape index (κ3) is 3.67. The summed E-state index contributed by atoms with van der Waals surface area (Å²) < 4.78 is 5.30. The summed E-state index contributed by atoms with van der Waals surface area (Å²) in [6.45, 7) is 5.70. The maximum absolute atomic E-state index is 13.6. The minimum atomic E-state index is -0.485. The third-order valence-electron chi connectivity index (χ3n) is 6.76. The van der Waals surface area contributed by atoms with E-state index in [9.17, 15) is 4.79 Å². The number of aryl methyl sites for hydroxylation is 1. The Morgan fingerprint density at radius 2 is 1.97 bits per heavy atom. The number of benzene rings is 1. The number of rotatable bonds is 4. The zero-order valence-corrected chi connectivity index (χ0v) is 18.2. The lowest BCUT2D eigenvalue weighted by Gasteiger charge is -2.47. The highest BCUT2D eigenvalue weighted by atomic mass is 16.5. The molecule has 1 aliphatic carbocycles. The molecule has 2 fully saturated rings. The summed E-state index contributed by atoms with van der Waals surface area (Å²) >= 11 is 0. The van der Waals surface area contributed by atoms with Crippen molar-refractivity contribution < 1.29 is 9.53 Å². The predicted molar refractivity (Wildman–Crippen MR) is 120 cm³/mol. The highest BCUT2D eigenvalue weighted by molar-refractivity contribution is 5.89. The summed E-state index contributed by atoms with van der Waals surface area (Å²) in [5, 5.41) is 3.56. The molecule has 0 radical (unpaired) electrons. The van der Waals surface area contributed by atoms with Gasteiger partial charge in [0, 0.05) is 44.5 Å². The summed E-state index contributed by atoms with van der Waals surface area (Å²) in [6.07, 6.45) is 4.73. The van der Waals surface area contributed by atoms with Gasteiger partial charge in [0.25, 0.3) is 0 Å². The van der Waals surface area contributed by atoms with Crippen LogP contribution in [0.3, 0.4) is 0 Å². The van der Waals surface area contributed by atoms with Gasteiger partial charge in [-0.05, 0) is 42.9 Å². The molecule has 1 aromatic heterocycles. The number of hydrogen-bond acceptors (Lipinski definition) is 6. The smallest absolute Gasteiger partial charge is 0.243 e. The average molecular weight is 420 g/mol. The Balaban J connectivity index is 1.28. The second-order valence-corrected chi connectivity index (χ2v) is 8.66. The van der Waals surface area contributed by atoms with Crippen LogP contribution in [0.2, 0.25) is 0 Å². The topological polar surface area (TPSA) is 70.6 Å². The highest BCUT2D eigenvalue weighted by Gasteiger charge is 2.46. The number of allylic oxidation sites excluding steroid dienone is 1. The van der Waals surface area contributed by atoms with Crippen LogP contribution >= 0.6 is 0 Å². The first-order valence-corrected chi connectivity index (χ1v) is 11.0. The van der Waals surface area contributed by atoms with Gasteiger partial charge in [-0.3, -0.25) is 4.79 Å². The zero-order valence-electron chi connectivity index (χ0n) is 18.2. The van der Waals surface area contributed by atoms with Crippen LogP contribution in [0.4, 0.5) is 5.95 Å². The zero-order chi connectivity index (χ0) is 21.4. The molecule has 1 amide bonds. The van der Waals surface area contributed by atoms with Gasteiger partial charge in [-0.2, -0.15) is 4.98 Å².